The van der Waals surface area contributed by atoms with Gasteiger partial charge < -0.3 is 25.1 Å². The molecule has 0 radical (unpaired) electrons. The van der Waals surface area contributed by atoms with Gasteiger partial charge in [0.2, 0.25) is 16.9 Å². The summed E-state index contributed by atoms with van der Waals surface area (Å²) in [6.07, 6.45) is 4.66. The predicted octanol–water partition coefficient (Wildman–Crippen LogP) is 0.0395. The number of allylic oxidation sites excluding steroid dienone is 1. The monoisotopic (exact) mass is 281 g/mol. The molecular weight excluding hydrogens is 266 g/mol. The van der Waals surface area contributed by atoms with Gasteiger partial charge >= 0.3 is 0 Å². The van der Waals surface area contributed by atoms with E-state index < -0.39 is 35.0 Å². The van der Waals surface area contributed by atoms with Crippen molar-refractivity contribution >= 4 is 12.0 Å². The highest BCUT2D eigenvalue weighted by Gasteiger charge is 2.46. The minimum atomic E-state index is -2.15. The highest BCUT2D eigenvalue weighted by Crippen LogP contribution is 2.30. The van der Waals surface area contributed by atoms with Crippen molar-refractivity contribution in [2.45, 2.75) is 25.5 Å². The summed E-state index contributed by atoms with van der Waals surface area (Å²) in [5.41, 5.74) is -3.58. The molecule has 0 aromatic carbocycles. The number of hydrogen-bond donors (Lipinski definition) is 4. The van der Waals surface area contributed by atoms with E-state index in [9.17, 15) is 19.8 Å². The first-order valence-electron chi connectivity index (χ1n) is 6.17. The maximum absolute atomic E-state index is 11.9. The molecule has 0 spiro atoms. The van der Waals surface area contributed by atoms with Gasteiger partial charge in [-0.1, -0.05) is 19.4 Å². The van der Waals surface area contributed by atoms with Crippen LogP contribution in [0.25, 0.3) is 6.08 Å². The molecule has 0 unspecified atom stereocenters. The lowest BCUT2D eigenvalue weighted by atomic mass is 10.1. The van der Waals surface area contributed by atoms with Crippen LogP contribution < -0.4 is 10.7 Å². The second-order valence-electron chi connectivity index (χ2n) is 4.51. The van der Waals surface area contributed by atoms with Crippen molar-refractivity contribution in [2.75, 3.05) is 6.61 Å². The Morgan fingerprint density at radius 3 is 2.70 bits per heavy atom. The summed E-state index contributed by atoms with van der Waals surface area (Å²) in [4.78, 5) is 23.5. The summed E-state index contributed by atoms with van der Waals surface area (Å²) < 4.78 is 5.22. The molecule has 7 heteroatoms. The number of aromatic hydroxyl groups is 1. The number of hydrogen-bond acceptors (Lipinski definition) is 6. The van der Waals surface area contributed by atoms with E-state index in [-0.39, 0.29) is 11.5 Å². The van der Waals surface area contributed by atoms with E-state index in [0.717, 1.165) is 6.42 Å². The standard InChI is InChI=1S/C13H15NO6/c1-2-3-4-5-7-9(16)10(17)8-11(20-7)13(19,6-15)14-12(8)18/h4-5,15-16,19H,2-3,6H2,1H3,(H,14,18)/b5-4+/t13-/m0/s1. The number of nitrogens with one attached hydrogen (secondary N) is 1. The van der Waals surface area contributed by atoms with Gasteiger partial charge in [0.25, 0.3) is 5.91 Å². The van der Waals surface area contributed by atoms with Gasteiger partial charge in [-0.05, 0) is 12.5 Å². The average molecular weight is 281 g/mol. The van der Waals surface area contributed by atoms with Crippen LogP contribution in [-0.4, -0.2) is 27.8 Å². The topological polar surface area (TPSA) is 120 Å². The lowest BCUT2D eigenvalue weighted by Gasteiger charge is -2.19. The van der Waals surface area contributed by atoms with Gasteiger partial charge in [0.05, 0.1) is 6.61 Å². The lowest BCUT2D eigenvalue weighted by Crippen LogP contribution is -2.42. The molecule has 0 bridgehead atoms. The summed E-state index contributed by atoms with van der Waals surface area (Å²) in [5, 5.41) is 30.9. The van der Waals surface area contributed by atoms with Crippen LogP contribution in [-0.2, 0) is 5.72 Å². The van der Waals surface area contributed by atoms with Gasteiger partial charge in [0.15, 0.2) is 11.5 Å². The number of aliphatic hydroxyl groups excluding tert-OH is 1. The van der Waals surface area contributed by atoms with E-state index in [4.69, 9.17) is 9.52 Å². The largest absolute Gasteiger partial charge is 0.502 e. The Kier molecular flexibility index (Phi) is 3.65. The first-order chi connectivity index (χ1) is 9.44. The summed E-state index contributed by atoms with van der Waals surface area (Å²) in [6.45, 7) is 1.10. The second kappa shape index (κ2) is 5.10. The highest BCUT2D eigenvalue weighted by atomic mass is 16.4. The molecular formula is C13H15NO6. The fourth-order valence-corrected chi connectivity index (χ4v) is 1.93. The maximum Gasteiger partial charge on any atom is 0.261 e. The molecule has 1 aromatic heterocycles. The minimum Gasteiger partial charge on any atom is -0.502 e. The van der Waals surface area contributed by atoms with Crippen LogP contribution in [0.3, 0.4) is 0 Å². The van der Waals surface area contributed by atoms with Gasteiger partial charge in [-0.25, -0.2) is 0 Å². The van der Waals surface area contributed by atoms with Crippen LogP contribution >= 0.6 is 0 Å². The van der Waals surface area contributed by atoms with Crippen molar-refractivity contribution in [3.8, 4) is 5.75 Å². The van der Waals surface area contributed by atoms with Gasteiger partial charge in [-0.15, -0.1) is 0 Å². The Balaban J connectivity index is 2.61. The number of rotatable bonds is 4. The molecule has 7 nitrogen and oxygen atoms in total. The molecule has 1 aromatic rings. The van der Waals surface area contributed by atoms with E-state index in [1.54, 1.807) is 6.08 Å². The zero-order valence-electron chi connectivity index (χ0n) is 10.8. The molecule has 1 amide bonds. The van der Waals surface area contributed by atoms with Gasteiger partial charge in [0.1, 0.15) is 5.56 Å². The fraction of sp³-hybridized carbons (Fsp3) is 0.385. The van der Waals surface area contributed by atoms with E-state index in [1.165, 1.54) is 6.08 Å². The molecule has 108 valence electrons. The third-order valence-electron chi connectivity index (χ3n) is 2.99. The zero-order chi connectivity index (χ0) is 14.9. The van der Waals surface area contributed by atoms with Crippen molar-refractivity contribution in [1.29, 1.82) is 0 Å². The summed E-state index contributed by atoms with van der Waals surface area (Å²) in [6, 6.07) is 0. The molecule has 20 heavy (non-hydrogen) atoms. The first kappa shape index (κ1) is 14.3. The number of carbonyl (C=O) groups excluding carboxylic acids is 1. The number of unbranched alkanes of at least 4 members (excludes halogenated alkanes) is 1. The Morgan fingerprint density at radius 1 is 1.40 bits per heavy atom. The number of aliphatic hydroxyl groups is 2. The van der Waals surface area contributed by atoms with E-state index >= 15 is 0 Å². The SMILES string of the molecule is CCC/C=C/c1oc2c(c(=O)c1O)C(=O)N[C@]2(O)CO. The zero-order valence-corrected chi connectivity index (χ0v) is 10.8. The molecule has 2 heterocycles. The van der Waals surface area contributed by atoms with Crippen LogP contribution in [0.1, 0.15) is 41.6 Å². The molecule has 0 saturated carbocycles. The molecule has 2 rings (SSSR count). The summed E-state index contributed by atoms with van der Waals surface area (Å²) in [7, 11) is 0. The molecule has 0 fully saturated rings. The molecule has 1 aliphatic rings. The molecule has 4 N–H and O–H groups in total. The Labute approximate surface area is 114 Å². The van der Waals surface area contributed by atoms with Gasteiger partial charge in [-0.2, -0.15) is 0 Å². The van der Waals surface area contributed by atoms with Crippen LogP contribution in [0, 0.1) is 0 Å². The number of carbonyl (C=O) groups is 1. The molecule has 1 atom stereocenters. The van der Waals surface area contributed by atoms with Gasteiger partial charge in [-0.3, -0.25) is 9.59 Å². The lowest BCUT2D eigenvalue weighted by molar-refractivity contribution is -0.0502. The summed E-state index contributed by atoms with van der Waals surface area (Å²) >= 11 is 0. The van der Waals surface area contributed by atoms with E-state index in [2.05, 4.69) is 0 Å². The third kappa shape index (κ3) is 2.10. The molecule has 0 aliphatic carbocycles. The van der Waals surface area contributed by atoms with E-state index in [1.807, 2.05) is 12.2 Å². The number of fused-ring (bicyclic) bond motifs is 1. The first-order valence-corrected chi connectivity index (χ1v) is 6.17. The highest BCUT2D eigenvalue weighted by molar-refractivity contribution is 5.99. The van der Waals surface area contributed by atoms with Crippen LogP contribution in [0.4, 0.5) is 0 Å². The van der Waals surface area contributed by atoms with Crippen molar-refractivity contribution in [3.05, 3.63) is 33.4 Å². The average Bonchev–Trinajstić information content (AvgIpc) is 2.67. The fourth-order valence-electron chi connectivity index (χ4n) is 1.93. The quantitative estimate of drug-likeness (QED) is 0.618. The maximum atomic E-state index is 11.9. The molecule has 1 aliphatic heterocycles. The van der Waals surface area contributed by atoms with Crippen molar-refractivity contribution in [2.24, 2.45) is 0 Å². The minimum absolute atomic E-state index is 0.162. The smallest absolute Gasteiger partial charge is 0.261 e. The summed E-state index contributed by atoms with van der Waals surface area (Å²) in [5.74, 6) is -2.15. The van der Waals surface area contributed by atoms with Crippen LogP contribution in [0.2, 0.25) is 0 Å². The van der Waals surface area contributed by atoms with Crippen LogP contribution in [0.15, 0.2) is 15.3 Å². The Bertz CT molecular complexity index is 632. The number of amides is 1. The Morgan fingerprint density at radius 2 is 2.10 bits per heavy atom. The predicted molar refractivity (Wildman–Crippen MR) is 69.0 cm³/mol. The van der Waals surface area contributed by atoms with Crippen molar-refractivity contribution in [1.82, 2.24) is 5.32 Å². The van der Waals surface area contributed by atoms with Crippen molar-refractivity contribution < 1.29 is 24.5 Å². The Hall–Kier alpha value is -2.12. The van der Waals surface area contributed by atoms with Crippen LogP contribution in [0.5, 0.6) is 5.75 Å². The van der Waals surface area contributed by atoms with E-state index in [0.29, 0.717) is 6.42 Å². The van der Waals surface area contributed by atoms with Crippen molar-refractivity contribution in [3.63, 3.8) is 0 Å². The normalized spacial score (nSPS) is 21.2. The second-order valence-corrected chi connectivity index (χ2v) is 4.51. The third-order valence-corrected chi connectivity index (χ3v) is 2.99. The molecule has 0 saturated heterocycles. The van der Waals surface area contributed by atoms with Gasteiger partial charge in [0, 0.05) is 0 Å².